The lowest BCUT2D eigenvalue weighted by atomic mass is 9.80. The number of hydrogen-bond donors (Lipinski definition) is 2. The number of rotatable bonds is 5. The van der Waals surface area contributed by atoms with Crippen LogP contribution in [0.15, 0.2) is 42.9 Å². The van der Waals surface area contributed by atoms with Gasteiger partial charge in [-0.05, 0) is 40.5 Å². The third kappa shape index (κ3) is 2.51. The summed E-state index contributed by atoms with van der Waals surface area (Å²) in [6.07, 6.45) is 3.32. The number of benzene rings is 2. The summed E-state index contributed by atoms with van der Waals surface area (Å²) in [5.74, 6) is 1.30. The largest absolute Gasteiger partial charge is 0.493 e. The zero-order chi connectivity index (χ0) is 17.3. The van der Waals surface area contributed by atoms with Crippen molar-refractivity contribution < 1.29 is 14.6 Å². The molecule has 0 bridgehead atoms. The van der Waals surface area contributed by atoms with Crippen molar-refractivity contribution in [1.82, 2.24) is 9.97 Å². The van der Waals surface area contributed by atoms with Crippen molar-refractivity contribution in [1.29, 1.82) is 0 Å². The number of fused-ring (bicyclic) bond motifs is 1. The van der Waals surface area contributed by atoms with Gasteiger partial charge in [-0.3, -0.25) is 0 Å². The second kappa shape index (κ2) is 6.17. The molecule has 1 atom stereocenters. The topological polar surface area (TPSA) is 67.4 Å². The third-order valence-corrected chi connectivity index (χ3v) is 4.51. The van der Waals surface area contributed by atoms with E-state index in [2.05, 4.69) is 9.97 Å². The Bertz CT molecular complexity index is 843. The maximum absolute atomic E-state index is 11.4. The van der Waals surface area contributed by atoms with Gasteiger partial charge in [0.2, 0.25) is 0 Å². The molecule has 3 aromatic rings. The van der Waals surface area contributed by atoms with Gasteiger partial charge < -0.3 is 19.6 Å². The summed E-state index contributed by atoms with van der Waals surface area (Å²) >= 11 is 0. The maximum atomic E-state index is 11.4. The monoisotopic (exact) mass is 326 g/mol. The lowest BCUT2D eigenvalue weighted by Gasteiger charge is -2.31. The molecular formula is C19H22N2O3. The van der Waals surface area contributed by atoms with Gasteiger partial charge in [-0.15, -0.1) is 0 Å². The van der Waals surface area contributed by atoms with Gasteiger partial charge in [0.25, 0.3) is 0 Å². The second-order valence-corrected chi connectivity index (χ2v) is 6.14. The molecule has 0 unspecified atom stereocenters. The van der Waals surface area contributed by atoms with Gasteiger partial charge in [0.05, 0.1) is 26.2 Å². The lowest BCUT2D eigenvalue weighted by molar-refractivity contribution is 0.0281. The van der Waals surface area contributed by atoms with Crippen molar-refractivity contribution >= 4 is 10.8 Å². The van der Waals surface area contributed by atoms with E-state index in [1.54, 1.807) is 26.7 Å². The minimum atomic E-state index is -1.17. The summed E-state index contributed by atoms with van der Waals surface area (Å²) < 4.78 is 10.7. The average Bonchev–Trinajstić information content (AvgIpc) is 3.14. The third-order valence-electron chi connectivity index (χ3n) is 4.51. The van der Waals surface area contributed by atoms with Crippen molar-refractivity contribution in [3.05, 3.63) is 54.1 Å². The van der Waals surface area contributed by atoms with E-state index in [0.717, 1.165) is 16.3 Å². The smallest absolute Gasteiger partial charge is 0.161 e. The number of hydrogen-bond acceptors (Lipinski definition) is 4. The molecule has 1 aromatic heterocycles. The number of aromatic nitrogens is 2. The van der Waals surface area contributed by atoms with Crippen LogP contribution in [-0.2, 0) is 5.60 Å². The highest BCUT2D eigenvalue weighted by atomic mass is 16.5. The molecule has 1 heterocycles. The first kappa shape index (κ1) is 16.3. The van der Waals surface area contributed by atoms with E-state index in [4.69, 9.17) is 9.47 Å². The lowest BCUT2D eigenvalue weighted by Crippen LogP contribution is -2.33. The number of H-pyrrole nitrogens is 1. The Morgan fingerprint density at radius 1 is 1.04 bits per heavy atom. The summed E-state index contributed by atoms with van der Waals surface area (Å²) in [6.45, 7) is 3.96. The highest BCUT2D eigenvalue weighted by Gasteiger charge is 2.37. The van der Waals surface area contributed by atoms with E-state index >= 15 is 0 Å². The normalized spacial score (nSPS) is 13.9. The zero-order valence-corrected chi connectivity index (χ0v) is 14.3. The van der Waals surface area contributed by atoms with Crippen molar-refractivity contribution in [3.63, 3.8) is 0 Å². The first-order chi connectivity index (χ1) is 11.5. The minimum absolute atomic E-state index is 0.0432. The van der Waals surface area contributed by atoms with Gasteiger partial charge in [-0.2, -0.15) is 0 Å². The number of nitrogens with zero attached hydrogens (tertiary/aromatic N) is 1. The van der Waals surface area contributed by atoms with Gasteiger partial charge in [0, 0.05) is 6.20 Å². The Morgan fingerprint density at radius 2 is 1.71 bits per heavy atom. The number of aromatic amines is 1. The molecule has 0 fully saturated rings. The van der Waals surface area contributed by atoms with Crippen LogP contribution in [0.1, 0.15) is 25.1 Å². The van der Waals surface area contributed by atoms with Crippen molar-refractivity contribution in [2.45, 2.75) is 19.4 Å². The predicted octanol–water partition coefficient (Wildman–Crippen LogP) is 3.47. The second-order valence-electron chi connectivity index (χ2n) is 6.14. The van der Waals surface area contributed by atoms with Crippen LogP contribution < -0.4 is 9.47 Å². The first-order valence-corrected chi connectivity index (χ1v) is 7.88. The Balaban J connectivity index is 2.19. The van der Waals surface area contributed by atoms with E-state index < -0.39 is 5.60 Å². The van der Waals surface area contributed by atoms with Crippen LogP contribution in [0.5, 0.6) is 11.5 Å². The Morgan fingerprint density at radius 3 is 2.25 bits per heavy atom. The number of imidazole rings is 1. The quantitative estimate of drug-likeness (QED) is 0.753. The first-order valence-electron chi connectivity index (χ1n) is 7.88. The van der Waals surface area contributed by atoms with Crippen LogP contribution in [-0.4, -0.2) is 29.3 Å². The molecule has 0 amide bonds. The molecule has 24 heavy (non-hydrogen) atoms. The highest BCUT2D eigenvalue weighted by Crippen LogP contribution is 2.38. The molecule has 0 aliphatic heterocycles. The fourth-order valence-corrected chi connectivity index (χ4v) is 3.06. The van der Waals surface area contributed by atoms with Crippen LogP contribution in [0.2, 0.25) is 0 Å². The molecule has 2 N–H and O–H groups in total. The highest BCUT2D eigenvalue weighted by molar-refractivity contribution is 5.87. The number of nitrogens with one attached hydrogen (secondary N) is 1. The number of methoxy groups -OCH3 is 2. The van der Waals surface area contributed by atoms with Crippen LogP contribution in [0, 0.1) is 5.92 Å². The van der Waals surface area contributed by atoms with Crippen LogP contribution in [0.3, 0.4) is 0 Å². The van der Waals surface area contributed by atoms with Crippen LogP contribution in [0.4, 0.5) is 0 Å². The Kier molecular flexibility index (Phi) is 4.20. The summed E-state index contributed by atoms with van der Waals surface area (Å²) in [7, 11) is 3.23. The molecule has 0 spiro atoms. The molecule has 0 saturated carbocycles. The Hall–Kier alpha value is -2.53. The van der Waals surface area contributed by atoms with E-state index in [1.807, 2.05) is 44.2 Å². The molecule has 126 valence electrons. The van der Waals surface area contributed by atoms with Crippen molar-refractivity contribution in [2.75, 3.05) is 14.2 Å². The van der Waals surface area contributed by atoms with Crippen molar-refractivity contribution in [3.8, 4) is 11.5 Å². The summed E-state index contributed by atoms with van der Waals surface area (Å²) in [5, 5.41) is 13.4. The van der Waals surface area contributed by atoms with Crippen LogP contribution in [0.25, 0.3) is 10.8 Å². The summed E-state index contributed by atoms with van der Waals surface area (Å²) in [6, 6.07) is 9.74. The molecule has 0 aliphatic carbocycles. The zero-order valence-electron chi connectivity index (χ0n) is 14.3. The fraction of sp³-hybridized carbons (Fsp3) is 0.316. The molecule has 5 nitrogen and oxygen atoms in total. The standard InChI is InChI=1S/C19H22N2O3/c1-12(2)19(22,18-10-20-11-21-18)15-6-5-13-8-16(23-3)17(24-4)9-14(13)7-15/h5-12,22H,1-4H3,(H,20,21)/t19-/m0/s1. The summed E-state index contributed by atoms with van der Waals surface area (Å²) in [4.78, 5) is 7.20. The summed E-state index contributed by atoms with van der Waals surface area (Å²) in [5.41, 5.74) is 0.239. The fourth-order valence-electron chi connectivity index (χ4n) is 3.06. The molecule has 5 heteroatoms. The van der Waals surface area contributed by atoms with Gasteiger partial charge in [0.15, 0.2) is 11.5 Å². The predicted molar refractivity (Wildman–Crippen MR) is 93.5 cm³/mol. The molecule has 0 saturated heterocycles. The number of ether oxygens (including phenoxy) is 2. The maximum Gasteiger partial charge on any atom is 0.161 e. The Labute approximate surface area is 141 Å². The van der Waals surface area contributed by atoms with Gasteiger partial charge in [0.1, 0.15) is 5.60 Å². The van der Waals surface area contributed by atoms with Gasteiger partial charge in [-0.1, -0.05) is 26.0 Å². The van der Waals surface area contributed by atoms with Crippen molar-refractivity contribution in [2.24, 2.45) is 5.92 Å². The average molecular weight is 326 g/mol. The van der Waals surface area contributed by atoms with E-state index in [-0.39, 0.29) is 5.92 Å². The van der Waals surface area contributed by atoms with E-state index in [9.17, 15) is 5.11 Å². The minimum Gasteiger partial charge on any atom is -0.493 e. The number of aliphatic hydroxyl groups is 1. The van der Waals surface area contributed by atoms with Crippen LogP contribution >= 0.6 is 0 Å². The molecule has 2 aromatic carbocycles. The van der Waals surface area contributed by atoms with Gasteiger partial charge in [-0.25, -0.2) is 4.98 Å². The molecule has 0 radical (unpaired) electrons. The van der Waals surface area contributed by atoms with E-state index in [0.29, 0.717) is 17.2 Å². The van der Waals surface area contributed by atoms with E-state index in [1.165, 1.54) is 0 Å². The SMILES string of the molecule is COc1cc2ccc([C@](O)(c3c[nH]cn3)C(C)C)cc2cc1OC. The molecule has 3 rings (SSSR count). The van der Waals surface area contributed by atoms with Gasteiger partial charge >= 0.3 is 0 Å². The molecular weight excluding hydrogens is 304 g/mol. The molecule has 0 aliphatic rings.